The number of nitrogens with zero attached hydrogens (tertiary/aromatic N) is 3. The fraction of sp³-hybridized carbons (Fsp3) is 0.192. The van der Waals surface area contributed by atoms with Crippen molar-refractivity contribution in [2.45, 2.75) is 26.3 Å². The molecule has 0 radical (unpaired) electrons. The van der Waals surface area contributed by atoms with Crippen molar-refractivity contribution in [3.63, 3.8) is 0 Å². The standard InChI is InChI=1S/C26H22ClN3O3/c1-3-32-19-10-11-21-18(13-19)14-20(25(27)28-21)23-15-22(17-8-6-16(2)7-9-17)29-30(23)26(31)24-5-4-12-33-24/h4-14,23H,3,15H2,1-2H3. The molecule has 7 heteroatoms. The summed E-state index contributed by atoms with van der Waals surface area (Å²) in [6.45, 7) is 4.55. The molecule has 0 N–H and O–H groups in total. The topological polar surface area (TPSA) is 67.9 Å². The van der Waals surface area contributed by atoms with Crippen molar-refractivity contribution in [2.75, 3.05) is 6.61 Å². The minimum absolute atomic E-state index is 0.220. The predicted octanol–water partition coefficient (Wildman–Crippen LogP) is 6.18. The largest absolute Gasteiger partial charge is 0.494 e. The van der Waals surface area contributed by atoms with Gasteiger partial charge in [-0.05, 0) is 55.8 Å². The van der Waals surface area contributed by atoms with Crippen molar-refractivity contribution in [1.82, 2.24) is 9.99 Å². The van der Waals surface area contributed by atoms with E-state index in [1.807, 2.05) is 62.4 Å². The molecule has 0 saturated heterocycles. The first-order chi connectivity index (χ1) is 16.0. The van der Waals surface area contributed by atoms with Crippen molar-refractivity contribution >= 4 is 34.1 Å². The number of hydrazone groups is 1. The van der Waals surface area contributed by atoms with Crippen LogP contribution in [-0.2, 0) is 0 Å². The van der Waals surface area contributed by atoms with Crippen LogP contribution in [0, 0.1) is 6.92 Å². The van der Waals surface area contributed by atoms with E-state index in [1.54, 1.807) is 12.1 Å². The maximum Gasteiger partial charge on any atom is 0.310 e. The second-order valence-corrected chi connectivity index (χ2v) is 8.27. The summed E-state index contributed by atoms with van der Waals surface area (Å²) in [5.41, 5.74) is 4.41. The molecule has 1 aliphatic heterocycles. The Balaban J connectivity index is 1.58. The molecule has 1 amide bonds. The van der Waals surface area contributed by atoms with Gasteiger partial charge >= 0.3 is 5.91 Å². The van der Waals surface area contributed by atoms with Crippen LogP contribution in [0.2, 0.25) is 5.15 Å². The third-order valence-electron chi connectivity index (χ3n) is 5.67. The van der Waals surface area contributed by atoms with Crippen LogP contribution in [0.1, 0.15) is 46.6 Å². The number of rotatable bonds is 5. The third-order valence-corrected chi connectivity index (χ3v) is 5.97. The van der Waals surface area contributed by atoms with Crippen molar-refractivity contribution < 1.29 is 13.9 Å². The fourth-order valence-corrected chi connectivity index (χ4v) is 4.28. The van der Waals surface area contributed by atoms with Crippen LogP contribution in [0.5, 0.6) is 5.75 Å². The number of amides is 1. The van der Waals surface area contributed by atoms with Gasteiger partial charge in [0.2, 0.25) is 0 Å². The van der Waals surface area contributed by atoms with E-state index in [0.29, 0.717) is 18.2 Å². The van der Waals surface area contributed by atoms with Gasteiger partial charge in [0, 0.05) is 17.4 Å². The highest BCUT2D eigenvalue weighted by Crippen LogP contribution is 2.38. The molecule has 5 rings (SSSR count). The highest BCUT2D eigenvalue weighted by atomic mass is 35.5. The molecular weight excluding hydrogens is 438 g/mol. The number of aryl methyl sites for hydroxylation is 1. The van der Waals surface area contributed by atoms with E-state index >= 15 is 0 Å². The van der Waals surface area contributed by atoms with Gasteiger partial charge in [-0.25, -0.2) is 9.99 Å². The summed E-state index contributed by atoms with van der Waals surface area (Å²) in [5.74, 6) is 0.648. The average molecular weight is 460 g/mol. The molecule has 166 valence electrons. The lowest BCUT2D eigenvalue weighted by molar-refractivity contribution is 0.0678. The summed E-state index contributed by atoms with van der Waals surface area (Å²) in [7, 11) is 0. The van der Waals surface area contributed by atoms with Gasteiger partial charge in [0.15, 0.2) is 5.76 Å². The Hall–Kier alpha value is -3.64. The Labute approximate surface area is 196 Å². The van der Waals surface area contributed by atoms with Gasteiger partial charge in [-0.1, -0.05) is 41.4 Å². The van der Waals surface area contributed by atoms with Crippen LogP contribution in [-0.4, -0.2) is 28.2 Å². The number of hydrogen-bond acceptors (Lipinski definition) is 5. The molecule has 0 aliphatic carbocycles. The third kappa shape index (κ3) is 4.10. The summed E-state index contributed by atoms with van der Waals surface area (Å²) >= 11 is 6.64. The molecule has 2 aromatic heterocycles. The van der Waals surface area contributed by atoms with Crippen LogP contribution in [0.3, 0.4) is 0 Å². The summed E-state index contributed by atoms with van der Waals surface area (Å²) in [5, 5.41) is 7.38. The Morgan fingerprint density at radius 3 is 2.73 bits per heavy atom. The van der Waals surface area contributed by atoms with Gasteiger partial charge in [0.1, 0.15) is 10.9 Å². The number of carbonyl (C=O) groups is 1. The summed E-state index contributed by atoms with van der Waals surface area (Å²) in [6.07, 6.45) is 1.98. The second kappa shape index (κ2) is 8.71. The molecule has 1 aliphatic rings. The second-order valence-electron chi connectivity index (χ2n) is 7.92. The predicted molar refractivity (Wildman–Crippen MR) is 128 cm³/mol. The average Bonchev–Trinajstić information content (AvgIpc) is 3.50. The lowest BCUT2D eigenvalue weighted by Gasteiger charge is -2.22. The number of ether oxygens (including phenoxy) is 1. The SMILES string of the molecule is CCOc1ccc2nc(Cl)c(C3CC(c4ccc(C)cc4)=NN3C(=O)c3ccco3)cc2c1. The van der Waals surface area contributed by atoms with E-state index in [4.69, 9.17) is 25.9 Å². The monoisotopic (exact) mass is 459 g/mol. The first kappa shape index (κ1) is 21.2. The molecule has 33 heavy (non-hydrogen) atoms. The molecule has 1 unspecified atom stereocenters. The number of pyridine rings is 1. The van der Waals surface area contributed by atoms with Crippen LogP contribution in [0.15, 0.2) is 76.4 Å². The van der Waals surface area contributed by atoms with Crippen molar-refractivity contribution in [3.05, 3.63) is 94.5 Å². The number of furan rings is 1. The zero-order valence-corrected chi connectivity index (χ0v) is 19.0. The van der Waals surface area contributed by atoms with Gasteiger partial charge in [-0.3, -0.25) is 4.79 Å². The summed E-state index contributed by atoms with van der Waals surface area (Å²) < 4.78 is 11.0. The molecule has 0 fully saturated rings. The molecule has 0 saturated carbocycles. The molecule has 4 aromatic rings. The van der Waals surface area contributed by atoms with Crippen molar-refractivity contribution in [3.8, 4) is 5.75 Å². The quantitative estimate of drug-likeness (QED) is 0.334. The fourth-order valence-electron chi connectivity index (χ4n) is 4.01. The highest BCUT2D eigenvalue weighted by Gasteiger charge is 2.36. The zero-order valence-electron chi connectivity index (χ0n) is 18.3. The van der Waals surface area contributed by atoms with Crippen molar-refractivity contribution in [1.29, 1.82) is 0 Å². The summed E-state index contributed by atoms with van der Waals surface area (Å²) in [6, 6.07) is 18.6. The van der Waals surface area contributed by atoms with Crippen LogP contribution in [0.4, 0.5) is 0 Å². The normalized spacial score (nSPS) is 15.7. The van der Waals surface area contributed by atoms with Crippen molar-refractivity contribution in [2.24, 2.45) is 5.10 Å². The maximum atomic E-state index is 13.3. The van der Waals surface area contributed by atoms with Crippen LogP contribution >= 0.6 is 11.6 Å². The molecule has 6 nitrogen and oxygen atoms in total. The van der Waals surface area contributed by atoms with E-state index in [-0.39, 0.29) is 11.7 Å². The Bertz CT molecular complexity index is 1350. The van der Waals surface area contributed by atoms with E-state index < -0.39 is 6.04 Å². The smallest absolute Gasteiger partial charge is 0.310 e. The maximum absolute atomic E-state index is 13.3. The van der Waals surface area contributed by atoms with Gasteiger partial charge in [0.25, 0.3) is 0 Å². The minimum Gasteiger partial charge on any atom is -0.494 e. The number of halogens is 1. The Morgan fingerprint density at radius 2 is 2.00 bits per heavy atom. The van der Waals surface area contributed by atoms with Crippen LogP contribution in [0.25, 0.3) is 10.9 Å². The number of fused-ring (bicyclic) bond motifs is 1. The van der Waals surface area contributed by atoms with Gasteiger partial charge < -0.3 is 9.15 Å². The Morgan fingerprint density at radius 1 is 1.18 bits per heavy atom. The molecule has 0 bridgehead atoms. The lowest BCUT2D eigenvalue weighted by atomic mass is 9.98. The van der Waals surface area contributed by atoms with Crippen LogP contribution < -0.4 is 4.74 Å². The summed E-state index contributed by atoms with van der Waals surface area (Å²) in [4.78, 5) is 17.9. The molecule has 1 atom stereocenters. The number of hydrogen-bond donors (Lipinski definition) is 0. The molecule has 3 heterocycles. The van der Waals surface area contributed by atoms with Gasteiger partial charge in [-0.15, -0.1) is 0 Å². The van der Waals surface area contributed by atoms with Gasteiger partial charge in [0.05, 0.1) is 30.1 Å². The van der Waals surface area contributed by atoms with Gasteiger partial charge in [-0.2, -0.15) is 5.10 Å². The number of aromatic nitrogens is 1. The highest BCUT2D eigenvalue weighted by molar-refractivity contribution is 6.30. The Kier molecular flexibility index (Phi) is 5.60. The molecule has 2 aromatic carbocycles. The van der Waals surface area contributed by atoms with E-state index in [9.17, 15) is 4.79 Å². The molecular formula is C26H22ClN3O3. The zero-order chi connectivity index (χ0) is 22.9. The van der Waals surface area contributed by atoms with E-state index in [2.05, 4.69) is 4.98 Å². The first-order valence-corrected chi connectivity index (χ1v) is 11.2. The molecule has 0 spiro atoms. The minimum atomic E-state index is -0.418. The number of benzene rings is 2. The van der Waals surface area contributed by atoms with E-state index in [0.717, 1.165) is 39.1 Å². The van der Waals surface area contributed by atoms with E-state index in [1.165, 1.54) is 11.3 Å². The lowest BCUT2D eigenvalue weighted by Crippen LogP contribution is -2.27. The number of carbonyl (C=O) groups excluding carboxylic acids is 1. The first-order valence-electron chi connectivity index (χ1n) is 10.8.